The van der Waals surface area contributed by atoms with Crippen LogP contribution in [-0.4, -0.2) is 43.9 Å². The van der Waals surface area contributed by atoms with Crippen LogP contribution >= 0.6 is 34.5 Å². The number of nitrogens with one attached hydrogen (secondary N) is 3. The second-order valence-electron chi connectivity index (χ2n) is 7.58. The molecule has 2 aromatic heterocycles. The number of benzene rings is 1. The maximum Gasteiger partial charge on any atom is 0.270 e. The van der Waals surface area contributed by atoms with Crippen molar-refractivity contribution in [2.45, 2.75) is 32.9 Å². The molecule has 1 amide bonds. The molecule has 3 heterocycles. The summed E-state index contributed by atoms with van der Waals surface area (Å²) in [5.41, 5.74) is 2.02. The van der Waals surface area contributed by atoms with Gasteiger partial charge in [0.1, 0.15) is 21.3 Å². The number of carbonyl (C=O) groups is 1. The first-order valence-electron chi connectivity index (χ1n) is 9.73. The van der Waals surface area contributed by atoms with E-state index in [0.29, 0.717) is 37.0 Å². The number of aryl methyl sites for hydroxylation is 1. The molecule has 1 aliphatic rings. The van der Waals surface area contributed by atoms with Gasteiger partial charge in [-0.05, 0) is 50.5 Å². The zero-order valence-corrected chi connectivity index (χ0v) is 19.8. The molecular weight excluding hydrogens is 472 g/mol. The summed E-state index contributed by atoms with van der Waals surface area (Å²) in [6.45, 7) is 5.65. The lowest BCUT2D eigenvalue weighted by Gasteiger charge is -2.16. The number of aromatic hydroxyl groups is 1. The van der Waals surface area contributed by atoms with Crippen LogP contribution in [0, 0.1) is 12.3 Å². The first kappa shape index (κ1) is 22.5. The number of hydrogen-bond acceptors (Lipinski definition) is 9. The number of nitrogens with zero attached hydrogens (tertiary/aromatic N) is 3. The van der Waals surface area contributed by atoms with Gasteiger partial charge in [-0.25, -0.2) is 4.98 Å². The molecule has 4 rings (SSSR count). The van der Waals surface area contributed by atoms with E-state index in [-0.39, 0.29) is 35.8 Å². The fraction of sp³-hybridized carbons (Fsp3) is 0.300. The molecule has 0 radical (unpaired) electrons. The Morgan fingerprint density at radius 1 is 1.41 bits per heavy atom. The SMILES string of the molecule is Cc1nc(Nc2snc(O)c2C(=N)NC(C)C)sc1C(=O)N1CC(O)c2cc(Cl)ccc21. The van der Waals surface area contributed by atoms with Gasteiger partial charge in [-0.3, -0.25) is 10.2 Å². The number of aliphatic hydroxyl groups excluding tert-OH is 1. The van der Waals surface area contributed by atoms with Crippen molar-refractivity contribution >= 4 is 62.0 Å². The summed E-state index contributed by atoms with van der Waals surface area (Å²) in [6.07, 6.45) is -0.805. The molecule has 0 spiro atoms. The van der Waals surface area contributed by atoms with Gasteiger partial charge in [-0.1, -0.05) is 22.9 Å². The second kappa shape index (κ2) is 8.66. The number of hydrogen-bond donors (Lipinski definition) is 5. The van der Waals surface area contributed by atoms with Crippen molar-refractivity contribution in [1.29, 1.82) is 5.41 Å². The maximum atomic E-state index is 13.3. The van der Waals surface area contributed by atoms with Crippen LogP contribution < -0.4 is 15.5 Å². The number of anilines is 3. The van der Waals surface area contributed by atoms with E-state index in [4.69, 9.17) is 17.0 Å². The van der Waals surface area contributed by atoms with Crippen LogP contribution in [0.3, 0.4) is 0 Å². The highest BCUT2D eigenvalue weighted by molar-refractivity contribution is 7.18. The average molecular weight is 493 g/mol. The third kappa shape index (κ3) is 4.16. The van der Waals surface area contributed by atoms with Crippen molar-refractivity contribution in [3.8, 4) is 5.88 Å². The number of aliphatic hydroxyl groups is 1. The molecule has 0 aliphatic carbocycles. The summed E-state index contributed by atoms with van der Waals surface area (Å²) in [5, 5.41) is 36.0. The number of amidine groups is 1. The van der Waals surface area contributed by atoms with E-state index in [1.54, 1.807) is 25.1 Å². The van der Waals surface area contributed by atoms with Gasteiger partial charge in [0.05, 0.1) is 24.0 Å². The van der Waals surface area contributed by atoms with E-state index < -0.39 is 6.10 Å². The summed E-state index contributed by atoms with van der Waals surface area (Å²) in [7, 11) is 0. The summed E-state index contributed by atoms with van der Waals surface area (Å²) in [6, 6.07) is 5.08. The summed E-state index contributed by atoms with van der Waals surface area (Å²) in [5.74, 6) is -0.476. The number of aromatic nitrogens is 2. The zero-order chi connectivity index (χ0) is 23.2. The van der Waals surface area contributed by atoms with Crippen LogP contribution in [0.25, 0.3) is 0 Å². The molecule has 5 N–H and O–H groups in total. The normalized spacial score (nSPS) is 15.2. The Morgan fingerprint density at radius 3 is 2.88 bits per heavy atom. The molecular formula is C20H21ClN6O3S2. The molecule has 1 atom stereocenters. The van der Waals surface area contributed by atoms with Gasteiger partial charge in [0.15, 0.2) is 5.13 Å². The Labute approximate surface area is 197 Å². The van der Waals surface area contributed by atoms with Gasteiger partial charge in [-0.2, -0.15) is 4.37 Å². The number of fused-ring (bicyclic) bond motifs is 1. The molecule has 0 fully saturated rings. The molecule has 9 nitrogen and oxygen atoms in total. The Hall–Kier alpha value is -2.73. The predicted octanol–water partition coefficient (Wildman–Crippen LogP) is 4.03. The van der Waals surface area contributed by atoms with Crippen molar-refractivity contribution < 1.29 is 15.0 Å². The van der Waals surface area contributed by atoms with Gasteiger partial charge >= 0.3 is 0 Å². The van der Waals surface area contributed by atoms with Gasteiger partial charge in [0, 0.05) is 16.6 Å². The van der Waals surface area contributed by atoms with Crippen molar-refractivity contribution in [2.24, 2.45) is 0 Å². The van der Waals surface area contributed by atoms with Crippen LogP contribution in [0.15, 0.2) is 18.2 Å². The van der Waals surface area contributed by atoms with Crippen molar-refractivity contribution in [1.82, 2.24) is 14.7 Å². The standard InChI is InChI=1S/C20H21ClN6O3S2/c1-8(2)23-16(22)14-17(29)26-32-18(14)25-20-24-9(3)15(31-20)19(30)27-7-13(28)11-6-10(21)4-5-12(11)27/h4-6,8,13,28H,7H2,1-3H3,(H2,22,23)(H,24,25)(H,26,29). The Kier molecular flexibility index (Phi) is 6.08. The maximum absolute atomic E-state index is 13.3. The third-order valence-electron chi connectivity index (χ3n) is 4.81. The minimum Gasteiger partial charge on any atom is -0.492 e. The molecule has 1 unspecified atom stereocenters. The van der Waals surface area contributed by atoms with Crippen molar-refractivity contribution in [2.75, 3.05) is 16.8 Å². The number of rotatable bonds is 5. The van der Waals surface area contributed by atoms with E-state index in [0.717, 1.165) is 22.9 Å². The van der Waals surface area contributed by atoms with Gasteiger partial charge in [-0.15, -0.1) is 0 Å². The first-order chi connectivity index (χ1) is 15.2. The molecule has 1 aromatic carbocycles. The van der Waals surface area contributed by atoms with Crippen LogP contribution in [0.1, 0.15) is 46.4 Å². The Morgan fingerprint density at radius 2 is 2.16 bits per heavy atom. The van der Waals surface area contributed by atoms with E-state index in [2.05, 4.69) is 20.0 Å². The number of amides is 1. The van der Waals surface area contributed by atoms with Crippen LogP contribution in [0.5, 0.6) is 5.88 Å². The molecule has 168 valence electrons. The average Bonchev–Trinajstić information content (AvgIpc) is 3.36. The zero-order valence-electron chi connectivity index (χ0n) is 17.4. The lowest BCUT2D eigenvalue weighted by Crippen LogP contribution is -2.30. The first-order valence-corrected chi connectivity index (χ1v) is 11.7. The Balaban J connectivity index is 1.59. The monoisotopic (exact) mass is 492 g/mol. The number of thiazole rings is 1. The summed E-state index contributed by atoms with van der Waals surface area (Å²) >= 11 is 8.19. The summed E-state index contributed by atoms with van der Waals surface area (Å²) < 4.78 is 3.93. The highest BCUT2D eigenvalue weighted by atomic mass is 35.5. The van der Waals surface area contributed by atoms with Crippen LogP contribution in [0.2, 0.25) is 5.02 Å². The van der Waals surface area contributed by atoms with Crippen LogP contribution in [0.4, 0.5) is 15.8 Å². The van der Waals surface area contributed by atoms with Gasteiger partial charge < -0.3 is 25.7 Å². The van der Waals surface area contributed by atoms with Crippen LogP contribution in [-0.2, 0) is 0 Å². The van der Waals surface area contributed by atoms with E-state index >= 15 is 0 Å². The third-order valence-corrected chi connectivity index (χ3v) is 6.86. The largest absolute Gasteiger partial charge is 0.492 e. The fourth-order valence-electron chi connectivity index (χ4n) is 3.42. The van der Waals surface area contributed by atoms with E-state index in [1.165, 1.54) is 4.90 Å². The quantitative estimate of drug-likeness (QED) is 0.268. The highest BCUT2D eigenvalue weighted by Crippen LogP contribution is 2.39. The van der Waals surface area contributed by atoms with Gasteiger partial charge in [0.25, 0.3) is 5.91 Å². The van der Waals surface area contributed by atoms with E-state index in [9.17, 15) is 15.0 Å². The molecule has 12 heteroatoms. The molecule has 0 saturated carbocycles. The van der Waals surface area contributed by atoms with Gasteiger partial charge in [0.2, 0.25) is 5.88 Å². The number of halogens is 1. The van der Waals surface area contributed by atoms with Crippen molar-refractivity contribution in [3.63, 3.8) is 0 Å². The predicted molar refractivity (Wildman–Crippen MR) is 127 cm³/mol. The lowest BCUT2D eigenvalue weighted by molar-refractivity contribution is 0.0977. The lowest BCUT2D eigenvalue weighted by atomic mass is 10.1. The number of carbonyl (C=O) groups excluding carboxylic acids is 1. The van der Waals surface area contributed by atoms with E-state index in [1.807, 2.05) is 13.8 Å². The molecule has 32 heavy (non-hydrogen) atoms. The second-order valence-corrected chi connectivity index (χ2v) is 9.79. The minimum absolute atomic E-state index is 0.00884. The fourth-order valence-corrected chi connectivity index (χ4v) is 5.28. The molecule has 1 aliphatic heterocycles. The smallest absolute Gasteiger partial charge is 0.270 e. The number of β-amino-alcohol motifs (C(OH)–C–C–N with tert-alkyl or cyclic N) is 1. The Bertz CT molecular complexity index is 1210. The molecule has 0 bridgehead atoms. The topological polar surface area (TPSA) is 134 Å². The molecule has 3 aromatic rings. The minimum atomic E-state index is -0.805. The van der Waals surface area contributed by atoms with Crippen molar-refractivity contribution in [3.05, 3.63) is 44.9 Å². The summed E-state index contributed by atoms with van der Waals surface area (Å²) in [4.78, 5) is 19.6. The molecule has 0 saturated heterocycles. The highest BCUT2D eigenvalue weighted by Gasteiger charge is 2.33.